The van der Waals surface area contributed by atoms with Gasteiger partial charge < -0.3 is 10.6 Å². The van der Waals surface area contributed by atoms with Crippen LogP contribution in [0.2, 0.25) is 0 Å². The van der Waals surface area contributed by atoms with Gasteiger partial charge in [-0.3, -0.25) is 4.98 Å². The normalized spacial score (nSPS) is 12.5. The first-order chi connectivity index (χ1) is 18.2. The fraction of sp³-hybridized carbons (Fsp3) is 0.250. The number of nitrogens with zero attached hydrogens (tertiary/aromatic N) is 4. The van der Waals surface area contributed by atoms with Crippen molar-refractivity contribution in [1.82, 2.24) is 19.9 Å². The number of anilines is 2. The summed E-state index contributed by atoms with van der Waals surface area (Å²) in [6, 6.07) is 11.3. The molecule has 0 unspecified atom stereocenters. The molecular formula is C24H22F5N7O2S. The Morgan fingerprint density at radius 2 is 1.64 bits per heavy atom. The Kier molecular flexibility index (Phi) is 7.66. The molecule has 0 aliphatic carbocycles. The monoisotopic (exact) mass is 567 g/mol. The Hall–Kier alpha value is -3.98. The third-order valence-corrected chi connectivity index (χ3v) is 6.50. The second-order valence-electron chi connectivity index (χ2n) is 8.46. The zero-order chi connectivity index (χ0) is 28.4. The summed E-state index contributed by atoms with van der Waals surface area (Å²) in [6.45, 7) is 0.0392. The van der Waals surface area contributed by atoms with Crippen molar-refractivity contribution in [3.8, 4) is 11.3 Å². The molecule has 1 aromatic carbocycles. The molecule has 15 heteroatoms. The molecule has 0 aliphatic heterocycles. The number of halogens is 5. The first-order valence-electron chi connectivity index (χ1n) is 11.4. The van der Waals surface area contributed by atoms with Crippen molar-refractivity contribution in [3.63, 3.8) is 0 Å². The number of aromatic nitrogens is 4. The highest BCUT2D eigenvalue weighted by atomic mass is 32.2. The van der Waals surface area contributed by atoms with Gasteiger partial charge in [-0.05, 0) is 42.0 Å². The number of fused-ring (bicyclic) bond motifs is 1. The summed E-state index contributed by atoms with van der Waals surface area (Å²) >= 11 is 0. The molecular weight excluding hydrogens is 545 g/mol. The molecule has 4 N–H and O–H groups in total. The number of rotatable bonds is 9. The zero-order valence-corrected chi connectivity index (χ0v) is 21.1. The van der Waals surface area contributed by atoms with Crippen molar-refractivity contribution in [3.05, 3.63) is 66.0 Å². The van der Waals surface area contributed by atoms with Crippen LogP contribution in [0.3, 0.4) is 0 Å². The lowest BCUT2D eigenvalue weighted by Gasteiger charge is -2.15. The largest absolute Gasteiger partial charge is 0.405 e. The maximum atomic E-state index is 14.2. The quantitative estimate of drug-likeness (QED) is 0.245. The van der Waals surface area contributed by atoms with Gasteiger partial charge in [0.2, 0.25) is 16.0 Å². The number of nitrogens with one attached hydrogen (secondary N) is 2. The van der Waals surface area contributed by atoms with Crippen molar-refractivity contribution in [2.24, 2.45) is 5.14 Å². The summed E-state index contributed by atoms with van der Waals surface area (Å²) in [5.41, 5.74) is 0.878. The minimum absolute atomic E-state index is 0.000388. The van der Waals surface area contributed by atoms with Gasteiger partial charge in [-0.2, -0.15) is 26.9 Å². The smallest absolute Gasteiger partial charge is 0.359 e. The number of benzene rings is 1. The lowest BCUT2D eigenvalue weighted by Crippen LogP contribution is -2.22. The summed E-state index contributed by atoms with van der Waals surface area (Å²) in [5.74, 6) is -3.40. The third-order valence-electron chi connectivity index (χ3n) is 5.58. The summed E-state index contributed by atoms with van der Waals surface area (Å²) in [7, 11) is -3.86. The summed E-state index contributed by atoms with van der Waals surface area (Å²) in [6.07, 6.45) is -3.80. The van der Waals surface area contributed by atoms with E-state index < -0.39 is 40.8 Å². The van der Waals surface area contributed by atoms with Crippen molar-refractivity contribution in [2.45, 2.75) is 36.9 Å². The fourth-order valence-corrected chi connectivity index (χ4v) is 4.03. The highest BCUT2D eigenvalue weighted by Crippen LogP contribution is 2.32. The SMILES string of the molecule is CCC(F)(F)c1cc(-c2ccc3nc(NCc4ccc(S(N)(=O)=O)cc4)nc(NCC(F)(F)F)c3n2)ccn1. The Balaban J connectivity index is 1.68. The van der Waals surface area contributed by atoms with E-state index in [9.17, 15) is 30.4 Å². The first-order valence-corrected chi connectivity index (χ1v) is 13.0. The van der Waals surface area contributed by atoms with Crippen LogP contribution in [0.4, 0.5) is 33.7 Å². The molecule has 39 heavy (non-hydrogen) atoms. The van der Waals surface area contributed by atoms with Crippen LogP contribution < -0.4 is 15.8 Å². The molecule has 4 rings (SSSR count). The number of nitrogens with two attached hydrogens (primary N) is 1. The molecule has 0 fully saturated rings. The number of hydrogen-bond acceptors (Lipinski definition) is 8. The maximum absolute atomic E-state index is 14.2. The number of hydrogen-bond donors (Lipinski definition) is 3. The summed E-state index contributed by atoms with van der Waals surface area (Å²) in [5, 5.41) is 10.2. The van der Waals surface area contributed by atoms with Gasteiger partial charge in [-0.25, -0.2) is 23.5 Å². The van der Waals surface area contributed by atoms with Gasteiger partial charge in [0, 0.05) is 24.7 Å². The van der Waals surface area contributed by atoms with Crippen molar-refractivity contribution in [2.75, 3.05) is 17.2 Å². The predicted octanol–water partition coefficient (Wildman–Crippen LogP) is 4.82. The average molecular weight is 568 g/mol. The van der Waals surface area contributed by atoms with E-state index in [0.29, 0.717) is 11.1 Å². The second kappa shape index (κ2) is 10.6. The molecule has 0 saturated carbocycles. The van der Waals surface area contributed by atoms with Crippen LogP contribution in [0.25, 0.3) is 22.3 Å². The molecule has 0 amide bonds. The van der Waals surface area contributed by atoms with E-state index in [1.165, 1.54) is 61.7 Å². The van der Waals surface area contributed by atoms with Crippen molar-refractivity contribution >= 4 is 32.8 Å². The third kappa shape index (κ3) is 6.92. The van der Waals surface area contributed by atoms with Crippen LogP contribution in [0, 0.1) is 0 Å². The molecule has 0 spiro atoms. The zero-order valence-electron chi connectivity index (χ0n) is 20.3. The van der Waals surface area contributed by atoms with Gasteiger partial charge in [-0.15, -0.1) is 0 Å². The van der Waals surface area contributed by atoms with Crippen LogP contribution in [-0.4, -0.2) is 41.1 Å². The minimum Gasteiger partial charge on any atom is -0.359 e. The summed E-state index contributed by atoms with van der Waals surface area (Å²) in [4.78, 5) is 16.5. The maximum Gasteiger partial charge on any atom is 0.405 e. The molecule has 0 aliphatic rings. The van der Waals surface area contributed by atoms with E-state index in [1.54, 1.807) is 0 Å². The number of primary sulfonamides is 1. The van der Waals surface area contributed by atoms with Gasteiger partial charge in [0.1, 0.15) is 17.8 Å². The molecule has 0 radical (unpaired) electrons. The standard InChI is InChI=1S/C24H22F5N7O2S/c1-2-23(25,26)19-11-15(9-10-31-19)17-7-8-18-20(34-17)21(33-13-24(27,28)29)36-22(35-18)32-12-14-3-5-16(6-4-14)39(30,37)38/h3-11H,2,12-13H2,1H3,(H2,30,37,38)(H2,32,33,35,36). The first kappa shape index (κ1) is 28.0. The van der Waals surface area contributed by atoms with E-state index in [-0.39, 0.29) is 39.9 Å². The van der Waals surface area contributed by atoms with E-state index in [4.69, 9.17) is 5.14 Å². The van der Waals surface area contributed by atoms with E-state index in [2.05, 4.69) is 30.6 Å². The van der Waals surface area contributed by atoms with Gasteiger partial charge in [0.25, 0.3) is 5.92 Å². The van der Waals surface area contributed by atoms with Crippen LogP contribution in [0.15, 0.2) is 59.6 Å². The molecule has 206 valence electrons. The van der Waals surface area contributed by atoms with Crippen LogP contribution >= 0.6 is 0 Å². The molecule has 0 atom stereocenters. The van der Waals surface area contributed by atoms with Gasteiger partial charge >= 0.3 is 6.18 Å². The highest BCUT2D eigenvalue weighted by Gasteiger charge is 2.31. The molecule has 3 heterocycles. The Labute approximate surface area is 219 Å². The molecule has 3 aromatic heterocycles. The molecule has 0 bridgehead atoms. The van der Waals surface area contributed by atoms with Gasteiger partial charge in [0.15, 0.2) is 5.82 Å². The Morgan fingerprint density at radius 3 is 2.28 bits per heavy atom. The van der Waals surface area contributed by atoms with E-state index >= 15 is 0 Å². The average Bonchev–Trinajstić information content (AvgIpc) is 2.89. The highest BCUT2D eigenvalue weighted by molar-refractivity contribution is 7.89. The number of pyridine rings is 2. The summed E-state index contributed by atoms with van der Waals surface area (Å²) < 4.78 is 90.1. The predicted molar refractivity (Wildman–Crippen MR) is 134 cm³/mol. The number of alkyl halides is 5. The van der Waals surface area contributed by atoms with Crippen LogP contribution in [0.5, 0.6) is 0 Å². The second-order valence-corrected chi connectivity index (χ2v) is 10.0. The Bertz CT molecular complexity index is 1600. The van der Waals surface area contributed by atoms with Crippen molar-refractivity contribution in [1.29, 1.82) is 0 Å². The molecule has 0 saturated heterocycles. The number of sulfonamides is 1. The van der Waals surface area contributed by atoms with Crippen LogP contribution in [-0.2, 0) is 22.5 Å². The van der Waals surface area contributed by atoms with Crippen molar-refractivity contribution < 1.29 is 30.4 Å². The van der Waals surface area contributed by atoms with E-state index in [1.807, 2.05) is 0 Å². The van der Waals surface area contributed by atoms with E-state index in [0.717, 1.165) is 0 Å². The van der Waals surface area contributed by atoms with Crippen LogP contribution in [0.1, 0.15) is 24.6 Å². The molecule has 4 aromatic rings. The Morgan fingerprint density at radius 1 is 0.923 bits per heavy atom. The topological polar surface area (TPSA) is 136 Å². The van der Waals surface area contributed by atoms with Gasteiger partial charge in [0.05, 0.1) is 16.1 Å². The van der Waals surface area contributed by atoms with Gasteiger partial charge in [-0.1, -0.05) is 19.1 Å². The lowest BCUT2D eigenvalue weighted by molar-refractivity contribution is -0.115. The fourth-order valence-electron chi connectivity index (χ4n) is 3.51. The lowest BCUT2D eigenvalue weighted by atomic mass is 10.1. The molecule has 9 nitrogen and oxygen atoms in total. The minimum atomic E-state index is -4.56.